The van der Waals surface area contributed by atoms with Crippen LogP contribution >= 0.6 is 22.7 Å². The summed E-state index contributed by atoms with van der Waals surface area (Å²) in [5.74, 6) is 0.333. The van der Waals surface area contributed by atoms with E-state index in [0.29, 0.717) is 16.0 Å². The standard InChI is InChI=1S/C20H19N3O3S3/c1-13-14(2)28-20-18(13)19(24)21-17(22-20)12-23(11-15-7-6-10-27-15)29(25,26)16-8-4-3-5-9-16/h3-10H,11-12H2,1-2H3,(H,21,22,24). The number of hydrogen-bond acceptors (Lipinski definition) is 6. The topological polar surface area (TPSA) is 83.1 Å². The van der Waals surface area contributed by atoms with Gasteiger partial charge in [-0.1, -0.05) is 24.3 Å². The lowest BCUT2D eigenvalue weighted by molar-refractivity contribution is 0.395. The summed E-state index contributed by atoms with van der Waals surface area (Å²) in [5.41, 5.74) is 0.678. The van der Waals surface area contributed by atoms with E-state index in [2.05, 4.69) is 9.97 Å². The fourth-order valence-corrected chi connectivity index (χ4v) is 6.34. The van der Waals surface area contributed by atoms with E-state index < -0.39 is 10.0 Å². The molecule has 3 aromatic heterocycles. The molecule has 1 aromatic carbocycles. The monoisotopic (exact) mass is 445 g/mol. The molecular weight excluding hydrogens is 426 g/mol. The maximum Gasteiger partial charge on any atom is 0.259 e. The maximum absolute atomic E-state index is 13.3. The molecule has 0 aliphatic carbocycles. The average molecular weight is 446 g/mol. The highest BCUT2D eigenvalue weighted by Gasteiger charge is 2.26. The van der Waals surface area contributed by atoms with Crippen LogP contribution in [0.4, 0.5) is 0 Å². The van der Waals surface area contributed by atoms with E-state index in [-0.39, 0.29) is 23.5 Å². The van der Waals surface area contributed by atoms with E-state index in [1.165, 1.54) is 27.0 Å². The Hall–Kier alpha value is -2.33. The van der Waals surface area contributed by atoms with Crippen LogP contribution in [0.2, 0.25) is 0 Å². The molecule has 9 heteroatoms. The van der Waals surface area contributed by atoms with Gasteiger partial charge in [0.25, 0.3) is 5.56 Å². The van der Waals surface area contributed by atoms with Crippen molar-refractivity contribution in [3.8, 4) is 0 Å². The summed E-state index contributed by atoms with van der Waals surface area (Å²) in [5, 5.41) is 2.48. The lowest BCUT2D eigenvalue weighted by Crippen LogP contribution is -2.31. The number of sulfonamides is 1. The van der Waals surface area contributed by atoms with Crippen molar-refractivity contribution in [3.63, 3.8) is 0 Å². The Morgan fingerprint density at radius 1 is 1.07 bits per heavy atom. The van der Waals surface area contributed by atoms with Crippen molar-refractivity contribution in [3.05, 3.63) is 79.3 Å². The Bertz CT molecular complexity index is 1310. The minimum atomic E-state index is -3.76. The molecular formula is C20H19N3O3S3. The van der Waals surface area contributed by atoms with Crippen LogP contribution in [0, 0.1) is 13.8 Å². The minimum Gasteiger partial charge on any atom is -0.309 e. The number of aromatic nitrogens is 2. The van der Waals surface area contributed by atoms with Crippen LogP contribution < -0.4 is 5.56 Å². The second-order valence-corrected chi connectivity index (χ2v) is 10.8. The van der Waals surface area contributed by atoms with Crippen LogP contribution in [0.3, 0.4) is 0 Å². The minimum absolute atomic E-state index is 0.0176. The third-order valence-electron chi connectivity index (χ3n) is 4.71. The lowest BCUT2D eigenvalue weighted by Gasteiger charge is -2.21. The molecule has 0 saturated carbocycles. The first kappa shape index (κ1) is 20.0. The normalized spacial score (nSPS) is 12.1. The van der Waals surface area contributed by atoms with Crippen LogP contribution in [0.5, 0.6) is 0 Å². The molecule has 0 spiro atoms. The third kappa shape index (κ3) is 3.91. The molecule has 4 rings (SSSR count). The molecule has 0 aliphatic heterocycles. The van der Waals surface area contributed by atoms with E-state index in [1.807, 2.05) is 31.4 Å². The highest BCUT2D eigenvalue weighted by atomic mass is 32.2. The second-order valence-electron chi connectivity index (χ2n) is 6.64. The number of hydrogen-bond donors (Lipinski definition) is 1. The van der Waals surface area contributed by atoms with Gasteiger partial charge in [-0.05, 0) is 43.0 Å². The molecule has 0 unspecified atom stereocenters. The number of aryl methyl sites for hydroxylation is 2. The highest BCUT2D eigenvalue weighted by Crippen LogP contribution is 2.27. The van der Waals surface area contributed by atoms with Crippen molar-refractivity contribution >= 4 is 42.9 Å². The van der Waals surface area contributed by atoms with Crippen LogP contribution in [0.25, 0.3) is 10.2 Å². The SMILES string of the molecule is Cc1sc2nc(CN(Cc3cccs3)S(=O)(=O)c3ccccc3)[nH]c(=O)c2c1C. The number of nitrogens with one attached hydrogen (secondary N) is 1. The number of thiophene rings is 2. The third-order valence-corrected chi connectivity index (χ3v) is 8.48. The van der Waals surface area contributed by atoms with E-state index >= 15 is 0 Å². The zero-order valence-corrected chi connectivity index (χ0v) is 18.3. The molecule has 0 aliphatic rings. The zero-order chi connectivity index (χ0) is 20.6. The maximum atomic E-state index is 13.3. The van der Waals surface area contributed by atoms with Crippen molar-refractivity contribution in [2.75, 3.05) is 0 Å². The van der Waals surface area contributed by atoms with Crippen molar-refractivity contribution in [2.24, 2.45) is 0 Å². The van der Waals surface area contributed by atoms with Crippen molar-refractivity contribution in [2.45, 2.75) is 31.8 Å². The van der Waals surface area contributed by atoms with Gasteiger partial charge in [-0.2, -0.15) is 4.31 Å². The zero-order valence-electron chi connectivity index (χ0n) is 15.9. The smallest absolute Gasteiger partial charge is 0.259 e. The molecule has 6 nitrogen and oxygen atoms in total. The first-order chi connectivity index (χ1) is 13.9. The molecule has 0 fully saturated rings. The van der Waals surface area contributed by atoms with Gasteiger partial charge in [-0.3, -0.25) is 4.79 Å². The summed E-state index contributed by atoms with van der Waals surface area (Å²) in [4.78, 5) is 22.7. The molecule has 0 bridgehead atoms. The summed E-state index contributed by atoms with van der Waals surface area (Å²) in [6.07, 6.45) is 0. The van der Waals surface area contributed by atoms with Gasteiger partial charge in [0.1, 0.15) is 10.7 Å². The molecule has 0 amide bonds. The van der Waals surface area contributed by atoms with Crippen molar-refractivity contribution in [1.82, 2.24) is 14.3 Å². The summed E-state index contributed by atoms with van der Waals surface area (Å²) >= 11 is 2.93. The number of rotatable bonds is 6. The lowest BCUT2D eigenvalue weighted by atomic mass is 10.2. The molecule has 0 atom stereocenters. The van der Waals surface area contributed by atoms with Gasteiger partial charge in [0.05, 0.1) is 16.8 Å². The van der Waals surface area contributed by atoms with Gasteiger partial charge < -0.3 is 4.98 Å². The summed E-state index contributed by atoms with van der Waals surface area (Å²) in [6.45, 7) is 4.03. The van der Waals surface area contributed by atoms with Crippen LogP contribution in [0.15, 0.2) is 57.5 Å². The summed E-state index contributed by atoms with van der Waals surface area (Å²) in [7, 11) is -3.76. The number of benzene rings is 1. The van der Waals surface area contributed by atoms with E-state index in [9.17, 15) is 13.2 Å². The van der Waals surface area contributed by atoms with E-state index in [4.69, 9.17) is 0 Å². The van der Waals surface area contributed by atoms with Crippen LogP contribution in [-0.2, 0) is 23.1 Å². The Morgan fingerprint density at radius 2 is 1.83 bits per heavy atom. The Balaban J connectivity index is 1.76. The molecule has 4 aromatic rings. The number of H-pyrrole nitrogens is 1. The molecule has 1 N–H and O–H groups in total. The van der Waals surface area contributed by atoms with Crippen molar-refractivity contribution in [1.29, 1.82) is 0 Å². The van der Waals surface area contributed by atoms with E-state index in [1.54, 1.807) is 30.3 Å². The van der Waals surface area contributed by atoms with E-state index in [0.717, 1.165) is 15.3 Å². The number of nitrogens with zero attached hydrogens (tertiary/aromatic N) is 2. The van der Waals surface area contributed by atoms with Gasteiger partial charge in [-0.15, -0.1) is 22.7 Å². The molecule has 0 saturated heterocycles. The van der Waals surface area contributed by atoms with Crippen LogP contribution in [0.1, 0.15) is 21.1 Å². The quantitative estimate of drug-likeness (QED) is 0.485. The first-order valence-corrected chi connectivity index (χ1v) is 12.1. The molecule has 3 heterocycles. The molecule has 150 valence electrons. The van der Waals surface area contributed by atoms with Crippen molar-refractivity contribution < 1.29 is 8.42 Å². The highest BCUT2D eigenvalue weighted by molar-refractivity contribution is 7.89. The molecule has 0 radical (unpaired) electrons. The summed E-state index contributed by atoms with van der Waals surface area (Å²) in [6, 6.07) is 12.1. The van der Waals surface area contributed by atoms with Crippen LogP contribution in [-0.4, -0.2) is 22.7 Å². The predicted octanol–water partition coefficient (Wildman–Crippen LogP) is 4.05. The first-order valence-electron chi connectivity index (χ1n) is 8.93. The largest absolute Gasteiger partial charge is 0.309 e. The van der Waals surface area contributed by atoms with Gasteiger partial charge in [-0.25, -0.2) is 13.4 Å². The van der Waals surface area contributed by atoms with Gasteiger partial charge in [0.15, 0.2) is 0 Å². The van der Waals surface area contributed by atoms with Gasteiger partial charge in [0.2, 0.25) is 10.0 Å². The number of aromatic amines is 1. The Labute approximate surface area is 176 Å². The Kier molecular flexibility index (Phi) is 5.39. The fourth-order valence-electron chi connectivity index (χ4n) is 3.08. The Morgan fingerprint density at radius 3 is 2.52 bits per heavy atom. The average Bonchev–Trinajstić information content (AvgIpc) is 3.30. The predicted molar refractivity (Wildman–Crippen MR) is 117 cm³/mol. The number of fused-ring (bicyclic) bond motifs is 1. The van der Waals surface area contributed by atoms with Gasteiger partial charge in [0, 0.05) is 16.3 Å². The van der Waals surface area contributed by atoms with Gasteiger partial charge >= 0.3 is 0 Å². The fraction of sp³-hybridized carbons (Fsp3) is 0.200. The summed E-state index contributed by atoms with van der Waals surface area (Å²) < 4.78 is 27.9. The second kappa shape index (κ2) is 7.83. The molecule has 29 heavy (non-hydrogen) atoms.